The average Bonchev–Trinajstić information content (AvgIpc) is 2.45. The Hall–Kier alpha value is -2.34. The van der Waals surface area contributed by atoms with Crippen molar-refractivity contribution in [2.24, 2.45) is 0 Å². The van der Waals surface area contributed by atoms with Crippen LogP contribution in [-0.2, 0) is 0 Å². The fourth-order valence-electron chi connectivity index (χ4n) is 1.34. The molecule has 0 unspecified atom stereocenters. The van der Waals surface area contributed by atoms with Gasteiger partial charge in [0, 0.05) is 12.3 Å². The number of halogens is 1. The maximum Gasteiger partial charge on any atom is 0.271 e. The predicted octanol–water partition coefficient (Wildman–Crippen LogP) is 1.90. The van der Waals surface area contributed by atoms with Gasteiger partial charge in [0.2, 0.25) is 11.8 Å². The molecule has 1 heterocycles. The molecule has 0 radical (unpaired) electrons. The summed E-state index contributed by atoms with van der Waals surface area (Å²) in [5, 5.41) is 0.369. The Morgan fingerprint density at radius 3 is 2.84 bits per heavy atom. The van der Waals surface area contributed by atoms with Gasteiger partial charge in [-0.2, -0.15) is 4.98 Å². The molecule has 0 spiro atoms. The second-order valence-corrected chi connectivity index (χ2v) is 3.89. The third-order valence-corrected chi connectivity index (χ3v) is 2.58. The van der Waals surface area contributed by atoms with Gasteiger partial charge < -0.3 is 4.74 Å². The fourth-order valence-corrected chi connectivity index (χ4v) is 1.56. The molecule has 6 nitrogen and oxygen atoms in total. The number of hydrazine groups is 1. The highest BCUT2D eigenvalue weighted by molar-refractivity contribution is 6.33. The van der Waals surface area contributed by atoms with E-state index >= 15 is 0 Å². The lowest BCUT2D eigenvalue weighted by molar-refractivity contribution is 0.0962. The zero-order valence-electron chi connectivity index (χ0n) is 10.1. The lowest BCUT2D eigenvalue weighted by atomic mass is 10.2. The standard InChI is InChI=1S/C12H11ClN4O2/c1-19-10-6-7-14-12(15-10)17-16-11(18)8-4-2-3-5-9(8)13/h2-7H,1H3,(H,16,18)(H,14,15,17). The SMILES string of the molecule is COc1ccnc(NNC(=O)c2ccccc2Cl)n1. The molecule has 1 amide bonds. The Balaban J connectivity index is 2.02. The van der Waals surface area contributed by atoms with Crippen molar-refractivity contribution < 1.29 is 9.53 Å². The maximum atomic E-state index is 11.8. The number of carbonyl (C=O) groups excluding carboxylic acids is 1. The normalized spacial score (nSPS) is 9.79. The Labute approximate surface area is 114 Å². The van der Waals surface area contributed by atoms with E-state index in [2.05, 4.69) is 20.8 Å². The molecule has 2 rings (SSSR count). The highest BCUT2D eigenvalue weighted by Gasteiger charge is 2.09. The molecule has 0 atom stereocenters. The number of aromatic nitrogens is 2. The molecule has 2 N–H and O–H groups in total. The number of amides is 1. The number of nitrogens with zero attached hydrogens (tertiary/aromatic N) is 2. The first-order valence-corrected chi connectivity index (χ1v) is 5.76. The van der Waals surface area contributed by atoms with Crippen molar-refractivity contribution in [1.29, 1.82) is 0 Å². The number of rotatable bonds is 4. The summed E-state index contributed by atoms with van der Waals surface area (Å²) < 4.78 is 4.94. The second kappa shape index (κ2) is 6.01. The largest absolute Gasteiger partial charge is 0.481 e. The predicted molar refractivity (Wildman–Crippen MR) is 71.1 cm³/mol. The van der Waals surface area contributed by atoms with Crippen molar-refractivity contribution in [3.8, 4) is 5.88 Å². The summed E-state index contributed by atoms with van der Waals surface area (Å²) in [6, 6.07) is 8.33. The summed E-state index contributed by atoms with van der Waals surface area (Å²) in [7, 11) is 1.49. The quantitative estimate of drug-likeness (QED) is 0.836. The average molecular weight is 279 g/mol. The summed E-state index contributed by atoms with van der Waals surface area (Å²) in [5.74, 6) is 0.237. The van der Waals surface area contributed by atoms with E-state index in [0.717, 1.165) is 0 Å². The number of hydrogen-bond donors (Lipinski definition) is 2. The molecule has 1 aromatic heterocycles. The van der Waals surface area contributed by atoms with Crippen LogP contribution in [0.3, 0.4) is 0 Å². The fraction of sp³-hybridized carbons (Fsp3) is 0.0833. The molecule has 0 saturated heterocycles. The van der Waals surface area contributed by atoms with E-state index in [1.165, 1.54) is 13.3 Å². The molecule has 0 fully saturated rings. The number of hydrogen-bond acceptors (Lipinski definition) is 5. The summed E-state index contributed by atoms with van der Waals surface area (Å²) in [6.45, 7) is 0. The zero-order chi connectivity index (χ0) is 13.7. The number of anilines is 1. The molecule has 0 bridgehead atoms. The molecule has 1 aromatic carbocycles. The lowest BCUT2D eigenvalue weighted by Crippen LogP contribution is -2.30. The third kappa shape index (κ3) is 3.32. The van der Waals surface area contributed by atoms with Gasteiger partial charge in [0.1, 0.15) is 0 Å². The molecule has 0 aliphatic rings. The number of benzene rings is 1. The smallest absolute Gasteiger partial charge is 0.271 e. The van der Waals surface area contributed by atoms with Gasteiger partial charge in [0.05, 0.1) is 17.7 Å². The van der Waals surface area contributed by atoms with Crippen LogP contribution in [0.4, 0.5) is 5.95 Å². The molecular weight excluding hydrogens is 268 g/mol. The van der Waals surface area contributed by atoms with Crippen molar-refractivity contribution in [1.82, 2.24) is 15.4 Å². The van der Waals surface area contributed by atoms with Gasteiger partial charge in [-0.25, -0.2) is 4.98 Å². The van der Waals surface area contributed by atoms with E-state index in [-0.39, 0.29) is 11.9 Å². The van der Waals surface area contributed by atoms with Crippen LogP contribution in [0.5, 0.6) is 5.88 Å². The van der Waals surface area contributed by atoms with Crippen molar-refractivity contribution in [2.75, 3.05) is 12.5 Å². The highest BCUT2D eigenvalue weighted by Crippen LogP contribution is 2.14. The first-order chi connectivity index (χ1) is 9.20. The van der Waals surface area contributed by atoms with Crippen molar-refractivity contribution in [3.05, 3.63) is 47.1 Å². The molecule has 0 aliphatic heterocycles. The van der Waals surface area contributed by atoms with Gasteiger partial charge in [0.25, 0.3) is 5.91 Å². The Morgan fingerprint density at radius 2 is 2.11 bits per heavy atom. The molecule has 19 heavy (non-hydrogen) atoms. The van der Waals surface area contributed by atoms with Crippen LogP contribution in [0.15, 0.2) is 36.5 Å². The molecule has 0 aliphatic carbocycles. The molecule has 0 saturated carbocycles. The van der Waals surface area contributed by atoms with Gasteiger partial charge in [-0.15, -0.1) is 0 Å². The molecule has 7 heteroatoms. The number of ether oxygens (including phenoxy) is 1. The van der Waals surface area contributed by atoms with Crippen molar-refractivity contribution in [3.63, 3.8) is 0 Å². The second-order valence-electron chi connectivity index (χ2n) is 3.48. The number of methoxy groups -OCH3 is 1. The maximum absolute atomic E-state index is 11.8. The van der Waals surface area contributed by atoms with Crippen LogP contribution in [0.25, 0.3) is 0 Å². The first kappa shape index (κ1) is 13.1. The molecule has 2 aromatic rings. The number of nitrogens with one attached hydrogen (secondary N) is 2. The van der Waals surface area contributed by atoms with Crippen LogP contribution in [-0.4, -0.2) is 23.0 Å². The van der Waals surface area contributed by atoms with E-state index in [0.29, 0.717) is 16.5 Å². The topological polar surface area (TPSA) is 76.1 Å². The summed E-state index contributed by atoms with van der Waals surface area (Å²) >= 11 is 5.91. The summed E-state index contributed by atoms with van der Waals surface area (Å²) in [5.41, 5.74) is 5.40. The van der Waals surface area contributed by atoms with E-state index < -0.39 is 0 Å². The van der Waals surface area contributed by atoms with Crippen LogP contribution in [0.2, 0.25) is 5.02 Å². The first-order valence-electron chi connectivity index (χ1n) is 5.38. The summed E-state index contributed by atoms with van der Waals surface area (Å²) in [6.07, 6.45) is 1.51. The van der Waals surface area contributed by atoms with E-state index in [4.69, 9.17) is 16.3 Å². The van der Waals surface area contributed by atoms with E-state index in [9.17, 15) is 4.79 Å². The van der Waals surface area contributed by atoms with Crippen LogP contribution in [0.1, 0.15) is 10.4 Å². The molecule has 98 valence electrons. The van der Waals surface area contributed by atoms with Gasteiger partial charge >= 0.3 is 0 Å². The van der Waals surface area contributed by atoms with Gasteiger partial charge in [-0.3, -0.25) is 15.6 Å². The van der Waals surface area contributed by atoms with Gasteiger partial charge in [0.15, 0.2) is 0 Å². The zero-order valence-corrected chi connectivity index (χ0v) is 10.8. The Kier molecular flexibility index (Phi) is 4.15. The molecular formula is C12H11ClN4O2. The Bertz CT molecular complexity index is 591. The van der Waals surface area contributed by atoms with Crippen LogP contribution >= 0.6 is 11.6 Å². The van der Waals surface area contributed by atoms with Crippen molar-refractivity contribution >= 4 is 23.5 Å². The number of carbonyl (C=O) groups is 1. The van der Waals surface area contributed by atoms with Gasteiger partial charge in [-0.05, 0) is 12.1 Å². The Morgan fingerprint density at radius 1 is 1.32 bits per heavy atom. The lowest BCUT2D eigenvalue weighted by Gasteiger charge is -2.08. The summed E-state index contributed by atoms with van der Waals surface area (Å²) in [4.78, 5) is 19.8. The van der Waals surface area contributed by atoms with E-state index in [1.807, 2.05) is 0 Å². The highest BCUT2D eigenvalue weighted by atomic mass is 35.5. The van der Waals surface area contributed by atoms with Gasteiger partial charge in [-0.1, -0.05) is 23.7 Å². The third-order valence-electron chi connectivity index (χ3n) is 2.25. The van der Waals surface area contributed by atoms with Crippen LogP contribution in [0, 0.1) is 0 Å². The monoisotopic (exact) mass is 278 g/mol. The minimum absolute atomic E-state index is 0.222. The minimum Gasteiger partial charge on any atom is -0.481 e. The van der Waals surface area contributed by atoms with Crippen molar-refractivity contribution in [2.45, 2.75) is 0 Å². The van der Waals surface area contributed by atoms with E-state index in [1.54, 1.807) is 30.3 Å². The minimum atomic E-state index is -0.378. The van der Waals surface area contributed by atoms with Crippen LogP contribution < -0.4 is 15.6 Å².